The van der Waals surface area contributed by atoms with Crippen LogP contribution in [-0.2, 0) is 0 Å². The lowest BCUT2D eigenvalue weighted by Gasteiger charge is -1.98. The number of hydrogen-bond donors (Lipinski definition) is 1. The molecule has 4 rings (SSSR count). The molecule has 0 unspecified atom stereocenters. The Balaban J connectivity index is 0.000000141. The molecule has 2 aromatic carbocycles. The molecule has 0 saturated heterocycles. The summed E-state index contributed by atoms with van der Waals surface area (Å²) in [6.07, 6.45) is 3.36. The fourth-order valence-electron chi connectivity index (χ4n) is 2.23. The normalized spacial score (nSPS) is 10.5. The minimum absolute atomic E-state index is 0.0463. The van der Waals surface area contributed by atoms with E-state index in [0.29, 0.717) is 5.39 Å². The van der Waals surface area contributed by atoms with Crippen LogP contribution in [0.5, 0.6) is 0 Å². The van der Waals surface area contributed by atoms with Crippen LogP contribution in [0, 0.1) is 0 Å². The zero-order chi connectivity index (χ0) is 17.1. The van der Waals surface area contributed by atoms with Crippen LogP contribution in [0.15, 0.2) is 74.7 Å². The molecule has 0 aliphatic carbocycles. The second kappa shape index (κ2) is 7.47. The Hall–Kier alpha value is -1.69. The molecule has 0 amide bonds. The van der Waals surface area contributed by atoms with E-state index in [4.69, 9.17) is 11.6 Å². The molecule has 4 aromatic rings. The Morgan fingerprint density at radius 1 is 0.917 bits per heavy atom. The molecule has 6 heteroatoms. The van der Waals surface area contributed by atoms with E-state index in [1.165, 1.54) is 6.07 Å². The summed E-state index contributed by atoms with van der Waals surface area (Å²) in [5.41, 5.74) is 1.83. The standard InChI is InChI=1S/C9H5BrClN.C9H6BrNO/c10-6-1-2-9-7(5-6)8(11)3-4-12-9;10-6-1-2-8-7(5-6)9(12)3-4-11-8/h1-5H;1-5H,(H,11,12). The van der Waals surface area contributed by atoms with Crippen LogP contribution in [0.1, 0.15) is 0 Å². The Morgan fingerprint density at radius 3 is 2.42 bits per heavy atom. The summed E-state index contributed by atoms with van der Waals surface area (Å²) in [6, 6.07) is 14.7. The van der Waals surface area contributed by atoms with Gasteiger partial charge in [0, 0.05) is 43.7 Å². The topological polar surface area (TPSA) is 45.8 Å². The van der Waals surface area contributed by atoms with Crippen molar-refractivity contribution in [2.24, 2.45) is 0 Å². The number of H-pyrrole nitrogens is 1. The third-order valence-electron chi connectivity index (χ3n) is 3.37. The second-order valence-corrected chi connectivity index (χ2v) is 7.22. The summed E-state index contributed by atoms with van der Waals surface area (Å²) in [7, 11) is 0. The molecular formula is C18H11Br2ClN2O. The molecule has 0 atom stereocenters. The largest absolute Gasteiger partial charge is 0.361 e. The van der Waals surface area contributed by atoms with Gasteiger partial charge in [0.2, 0.25) is 0 Å². The minimum Gasteiger partial charge on any atom is -0.361 e. The van der Waals surface area contributed by atoms with E-state index < -0.39 is 0 Å². The van der Waals surface area contributed by atoms with Crippen LogP contribution in [0.3, 0.4) is 0 Å². The van der Waals surface area contributed by atoms with Gasteiger partial charge in [-0.05, 0) is 42.5 Å². The molecular weight excluding hydrogens is 455 g/mol. The second-order valence-electron chi connectivity index (χ2n) is 4.99. The van der Waals surface area contributed by atoms with Gasteiger partial charge in [-0.25, -0.2) is 0 Å². The molecule has 0 spiro atoms. The van der Waals surface area contributed by atoms with Crippen molar-refractivity contribution < 1.29 is 0 Å². The SMILES string of the molecule is Clc1ccnc2ccc(Br)cc12.O=c1cc[nH]c2ccc(Br)cc12. The average Bonchev–Trinajstić information content (AvgIpc) is 2.57. The van der Waals surface area contributed by atoms with Crippen LogP contribution in [-0.4, -0.2) is 9.97 Å². The van der Waals surface area contributed by atoms with Gasteiger partial charge in [-0.3, -0.25) is 9.78 Å². The highest BCUT2D eigenvalue weighted by molar-refractivity contribution is 9.10. The van der Waals surface area contributed by atoms with Gasteiger partial charge in [-0.2, -0.15) is 0 Å². The number of halogens is 3. The van der Waals surface area contributed by atoms with Crippen molar-refractivity contribution >= 4 is 65.3 Å². The number of nitrogens with zero attached hydrogens (tertiary/aromatic N) is 1. The molecule has 2 aromatic heterocycles. The molecule has 2 heterocycles. The summed E-state index contributed by atoms with van der Waals surface area (Å²) in [4.78, 5) is 18.5. The number of hydrogen-bond acceptors (Lipinski definition) is 2. The first-order valence-electron chi connectivity index (χ1n) is 7.01. The van der Waals surface area contributed by atoms with E-state index in [9.17, 15) is 4.79 Å². The molecule has 0 aliphatic heterocycles. The van der Waals surface area contributed by atoms with Gasteiger partial charge in [0.25, 0.3) is 0 Å². The van der Waals surface area contributed by atoms with Gasteiger partial charge in [-0.15, -0.1) is 0 Å². The van der Waals surface area contributed by atoms with E-state index in [1.807, 2.05) is 36.4 Å². The van der Waals surface area contributed by atoms with Crippen LogP contribution < -0.4 is 5.43 Å². The van der Waals surface area contributed by atoms with Gasteiger partial charge in [0.15, 0.2) is 5.43 Å². The number of aromatic nitrogens is 2. The lowest BCUT2D eigenvalue weighted by molar-refractivity contribution is 1.39. The van der Waals surface area contributed by atoms with Gasteiger partial charge < -0.3 is 4.98 Å². The van der Waals surface area contributed by atoms with Crippen molar-refractivity contribution in [3.8, 4) is 0 Å². The van der Waals surface area contributed by atoms with E-state index in [1.54, 1.807) is 18.5 Å². The molecule has 0 saturated carbocycles. The third kappa shape index (κ3) is 3.86. The summed E-state index contributed by atoms with van der Waals surface area (Å²) >= 11 is 12.7. The lowest BCUT2D eigenvalue weighted by Crippen LogP contribution is -1.99. The summed E-state index contributed by atoms with van der Waals surface area (Å²) in [5, 5.41) is 2.43. The maximum Gasteiger partial charge on any atom is 0.189 e. The first kappa shape index (κ1) is 17.1. The van der Waals surface area contributed by atoms with Crippen molar-refractivity contribution in [2.75, 3.05) is 0 Å². The summed E-state index contributed by atoms with van der Waals surface area (Å²) < 4.78 is 1.94. The van der Waals surface area contributed by atoms with Gasteiger partial charge >= 0.3 is 0 Å². The van der Waals surface area contributed by atoms with Crippen LogP contribution in [0.2, 0.25) is 5.02 Å². The van der Waals surface area contributed by atoms with E-state index in [0.717, 1.165) is 30.4 Å². The number of fused-ring (bicyclic) bond motifs is 2. The molecule has 0 fully saturated rings. The van der Waals surface area contributed by atoms with Crippen LogP contribution in [0.25, 0.3) is 21.8 Å². The van der Waals surface area contributed by atoms with Crippen molar-refractivity contribution in [3.05, 3.63) is 85.1 Å². The van der Waals surface area contributed by atoms with Crippen molar-refractivity contribution in [3.63, 3.8) is 0 Å². The Kier molecular flexibility index (Phi) is 5.33. The zero-order valence-corrected chi connectivity index (χ0v) is 16.2. The average molecular weight is 467 g/mol. The third-order valence-corrected chi connectivity index (χ3v) is 4.69. The Bertz CT molecular complexity index is 1080. The molecule has 3 nitrogen and oxygen atoms in total. The van der Waals surface area contributed by atoms with E-state index in [2.05, 4.69) is 41.8 Å². The molecule has 0 bridgehead atoms. The molecule has 24 heavy (non-hydrogen) atoms. The van der Waals surface area contributed by atoms with Crippen molar-refractivity contribution in [1.29, 1.82) is 0 Å². The highest BCUT2D eigenvalue weighted by Gasteiger charge is 1.99. The fourth-order valence-corrected chi connectivity index (χ4v) is 3.16. The zero-order valence-electron chi connectivity index (χ0n) is 12.3. The number of pyridine rings is 2. The van der Waals surface area contributed by atoms with Gasteiger partial charge in [-0.1, -0.05) is 43.5 Å². The Labute approximate surface area is 159 Å². The van der Waals surface area contributed by atoms with E-state index >= 15 is 0 Å². The first-order valence-corrected chi connectivity index (χ1v) is 8.98. The maximum atomic E-state index is 11.3. The first-order chi connectivity index (χ1) is 11.5. The predicted molar refractivity (Wildman–Crippen MR) is 107 cm³/mol. The van der Waals surface area contributed by atoms with Crippen LogP contribution in [0.4, 0.5) is 0 Å². The number of aromatic amines is 1. The van der Waals surface area contributed by atoms with Gasteiger partial charge in [0.1, 0.15) is 0 Å². The smallest absolute Gasteiger partial charge is 0.189 e. The predicted octanol–water partition coefficient (Wildman–Crippen LogP) is 5.94. The lowest BCUT2D eigenvalue weighted by atomic mass is 10.2. The summed E-state index contributed by atoms with van der Waals surface area (Å²) in [6.45, 7) is 0. The fraction of sp³-hybridized carbons (Fsp3) is 0. The summed E-state index contributed by atoms with van der Waals surface area (Å²) in [5.74, 6) is 0. The van der Waals surface area contributed by atoms with Crippen molar-refractivity contribution in [2.45, 2.75) is 0 Å². The van der Waals surface area contributed by atoms with Crippen molar-refractivity contribution in [1.82, 2.24) is 9.97 Å². The number of rotatable bonds is 0. The minimum atomic E-state index is 0.0463. The number of nitrogens with one attached hydrogen (secondary N) is 1. The highest BCUT2D eigenvalue weighted by atomic mass is 79.9. The quantitative estimate of drug-likeness (QED) is 0.349. The molecule has 120 valence electrons. The highest BCUT2D eigenvalue weighted by Crippen LogP contribution is 2.24. The monoisotopic (exact) mass is 464 g/mol. The van der Waals surface area contributed by atoms with Gasteiger partial charge in [0.05, 0.1) is 10.5 Å². The maximum absolute atomic E-state index is 11.3. The molecule has 0 radical (unpaired) electrons. The van der Waals surface area contributed by atoms with Crippen LogP contribution >= 0.6 is 43.5 Å². The number of benzene rings is 2. The Morgan fingerprint density at radius 2 is 1.62 bits per heavy atom. The molecule has 0 aliphatic rings. The molecule has 1 N–H and O–H groups in total. The van der Waals surface area contributed by atoms with E-state index in [-0.39, 0.29) is 5.43 Å².